The molecular weight excluding hydrogens is 354 g/mol. The van der Waals surface area contributed by atoms with Crippen molar-refractivity contribution in [2.24, 2.45) is 0 Å². The Morgan fingerprint density at radius 2 is 1.86 bits per heavy atom. The van der Waals surface area contributed by atoms with Crippen LogP contribution in [0.2, 0.25) is 0 Å². The Labute approximate surface area is 131 Å². The molecule has 0 aliphatic carbocycles. The number of hydrogen-bond acceptors (Lipinski definition) is 4. The van der Waals surface area contributed by atoms with Crippen molar-refractivity contribution in [3.8, 4) is 6.07 Å². The van der Waals surface area contributed by atoms with E-state index in [1.807, 2.05) is 6.07 Å². The molecule has 0 saturated heterocycles. The number of nitrogen functional groups attached to an aromatic ring is 1. The van der Waals surface area contributed by atoms with Gasteiger partial charge in [-0.05, 0) is 51.8 Å². The Morgan fingerprint density at radius 3 is 2.43 bits per heavy atom. The van der Waals surface area contributed by atoms with Gasteiger partial charge in [-0.25, -0.2) is 8.42 Å². The van der Waals surface area contributed by atoms with E-state index in [0.29, 0.717) is 27.0 Å². The SMILES string of the molecule is N#Cc1ccc(CS(=O)(=O)Nc2ccc(N)cc2Br)cc1. The third kappa shape index (κ3) is 4.21. The molecule has 0 saturated carbocycles. The maximum atomic E-state index is 12.1. The number of sulfonamides is 1. The highest BCUT2D eigenvalue weighted by molar-refractivity contribution is 9.10. The van der Waals surface area contributed by atoms with Crippen LogP contribution in [0, 0.1) is 11.3 Å². The first kappa shape index (κ1) is 15.4. The summed E-state index contributed by atoms with van der Waals surface area (Å²) in [4.78, 5) is 0. The van der Waals surface area contributed by atoms with Gasteiger partial charge in [0.05, 0.1) is 23.1 Å². The Kier molecular flexibility index (Phi) is 4.50. The molecule has 0 atom stereocenters. The molecule has 2 rings (SSSR count). The van der Waals surface area contributed by atoms with E-state index in [1.54, 1.807) is 42.5 Å². The lowest BCUT2D eigenvalue weighted by atomic mass is 10.2. The average Bonchev–Trinajstić information content (AvgIpc) is 2.42. The number of halogens is 1. The summed E-state index contributed by atoms with van der Waals surface area (Å²) >= 11 is 3.26. The van der Waals surface area contributed by atoms with Crippen LogP contribution in [0.3, 0.4) is 0 Å². The van der Waals surface area contributed by atoms with Crippen molar-refractivity contribution in [1.82, 2.24) is 0 Å². The number of benzene rings is 2. The molecule has 0 amide bonds. The third-order valence-corrected chi connectivity index (χ3v) is 4.60. The maximum absolute atomic E-state index is 12.1. The minimum absolute atomic E-state index is 0.171. The van der Waals surface area contributed by atoms with E-state index < -0.39 is 10.0 Å². The van der Waals surface area contributed by atoms with Gasteiger partial charge in [0, 0.05) is 10.2 Å². The molecule has 5 nitrogen and oxygen atoms in total. The first-order valence-corrected chi connectivity index (χ1v) is 8.39. The molecule has 2 aromatic rings. The van der Waals surface area contributed by atoms with Gasteiger partial charge in [-0.2, -0.15) is 5.26 Å². The lowest BCUT2D eigenvalue weighted by molar-refractivity contribution is 0.600. The van der Waals surface area contributed by atoms with E-state index in [4.69, 9.17) is 11.0 Å². The van der Waals surface area contributed by atoms with E-state index in [0.717, 1.165) is 0 Å². The minimum atomic E-state index is -3.55. The summed E-state index contributed by atoms with van der Waals surface area (Å²) in [6, 6.07) is 13.2. The molecule has 0 aromatic heterocycles. The normalized spacial score (nSPS) is 10.9. The smallest absolute Gasteiger partial charge is 0.236 e. The Morgan fingerprint density at radius 1 is 1.19 bits per heavy atom. The van der Waals surface area contributed by atoms with Crippen LogP contribution in [0.4, 0.5) is 11.4 Å². The van der Waals surface area contributed by atoms with Crippen molar-refractivity contribution in [3.63, 3.8) is 0 Å². The predicted molar refractivity (Wildman–Crippen MR) is 86.0 cm³/mol. The molecule has 0 heterocycles. The van der Waals surface area contributed by atoms with Crippen molar-refractivity contribution < 1.29 is 8.42 Å². The largest absolute Gasteiger partial charge is 0.399 e. The number of nitrogens with zero attached hydrogens (tertiary/aromatic N) is 1. The van der Waals surface area contributed by atoms with Gasteiger partial charge < -0.3 is 5.73 Å². The minimum Gasteiger partial charge on any atom is -0.399 e. The second kappa shape index (κ2) is 6.16. The molecule has 3 N–H and O–H groups in total. The summed E-state index contributed by atoms with van der Waals surface area (Å²) < 4.78 is 27.3. The highest BCUT2D eigenvalue weighted by atomic mass is 79.9. The molecule has 0 unspecified atom stereocenters. The van der Waals surface area contributed by atoms with Crippen LogP contribution in [-0.2, 0) is 15.8 Å². The van der Waals surface area contributed by atoms with Crippen LogP contribution in [0.5, 0.6) is 0 Å². The van der Waals surface area contributed by atoms with Gasteiger partial charge >= 0.3 is 0 Å². The van der Waals surface area contributed by atoms with Crippen molar-refractivity contribution >= 4 is 37.3 Å². The summed E-state index contributed by atoms with van der Waals surface area (Å²) in [5.41, 5.74) is 7.67. The second-order valence-electron chi connectivity index (χ2n) is 4.41. The number of hydrogen-bond donors (Lipinski definition) is 2. The molecule has 0 radical (unpaired) electrons. The highest BCUT2D eigenvalue weighted by Gasteiger charge is 2.13. The van der Waals surface area contributed by atoms with Gasteiger partial charge in [0.1, 0.15) is 0 Å². The zero-order chi connectivity index (χ0) is 15.5. The topological polar surface area (TPSA) is 96.0 Å². The van der Waals surface area contributed by atoms with Crippen LogP contribution < -0.4 is 10.5 Å². The summed E-state index contributed by atoms with van der Waals surface area (Å²) in [5.74, 6) is -0.171. The Bertz CT molecular complexity index is 796. The molecule has 108 valence electrons. The summed E-state index contributed by atoms with van der Waals surface area (Å²) in [5, 5.41) is 8.71. The first-order chi connectivity index (χ1) is 9.89. The van der Waals surface area contributed by atoms with E-state index in [1.165, 1.54) is 0 Å². The van der Waals surface area contributed by atoms with E-state index >= 15 is 0 Å². The number of anilines is 2. The van der Waals surface area contributed by atoms with Crippen molar-refractivity contribution in [2.75, 3.05) is 10.5 Å². The molecule has 2 aromatic carbocycles. The zero-order valence-corrected chi connectivity index (χ0v) is 13.3. The quantitative estimate of drug-likeness (QED) is 0.814. The molecule has 0 aliphatic rings. The van der Waals surface area contributed by atoms with E-state index in [2.05, 4.69) is 20.7 Å². The van der Waals surface area contributed by atoms with Gasteiger partial charge in [-0.1, -0.05) is 12.1 Å². The fourth-order valence-electron chi connectivity index (χ4n) is 1.71. The van der Waals surface area contributed by atoms with Crippen molar-refractivity contribution in [2.45, 2.75) is 5.75 Å². The highest BCUT2D eigenvalue weighted by Crippen LogP contribution is 2.26. The Balaban J connectivity index is 2.16. The lowest BCUT2D eigenvalue weighted by Crippen LogP contribution is -2.15. The zero-order valence-electron chi connectivity index (χ0n) is 10.9. The number of nitrogens with one attached hydrogen (secondary N) is 1. The van der Waals surface area contributed by atoms with E-state index in [-0.39, 0.29) is 5.75 Å². The lowest BCUT2D eigenvalue weighted by Gasteiger charge is -2.10. The second-order valence-corrected chi connectivity index (χ2v) is 6.99. The summed E-state index contributed by atoms with van der Waals surface area (Å²) in [6.45, 7) is 0. The van der Waals surface area contributed by atoms with E-state index in [9.17, 15) is 8.42 Å². The van der Waals surface area contributed by atoms with Crippen LogP contribution in [0.15, 0.2) is 46.9 Å². The van der Waals surface area contributed by atoms with Gasteiger partial charge in [-0.3, -0.25) is 4.72 Å². The van der Waals surface area contributed by atoms with Gasteiger partial charge in [0.25, 0.3) is 0 Å². The maximum Gasteiger partial charge on any atom is 0.236 e. The molecule has 0 fully saturated rings. The van der Waals surface area contributed by atoms with Gasteiger partial charge in [0.15, 0.2) is 0 Å². The molecule has 0 aliphatic heterocycles. The summed E-state index contributed by atoms with van der Waals surface area (Å²) in [6.07, 6.45) is 0. The third-order valence-electron chi connectivity index (χ3n) is 2.70. The number of rotatable bonds is 4. The number of nitriles is 1. The van der Waals surface area contributed by atoms with Crippen molar-refractivity contribution in [1.29, 1.82) is 5.26 Å². The van der Waals surface area contributed by atoms with Crippen molar-refractivity contribution in [3.05, 3.63) is 58.1 Å². The van der Waals surface area contributed by atoms with Crippen LogP contribution in [0.1, 0.15) is 11.1 Å². The molecule has 0 bridgehead atoms. The molecule has 0 spiro atoms. The Hall–Kier alpha value is -2.04. The van der Waals surface area contributed by atoms with Crippen LogP contribution in [0.25, 0.3) is 0 Å². The molecule has 7 heteroatoms. The fourth-order valence-corrected chi connectivity index (χ4v) is 3.56. The monoisotopic (exact) mass is 365 g/mol. The van der Waals surface area contributed by atoms with Gasteiger partial charge in [-0.15, -0.1) is 0 Å². The number of nitrogens with two attached hydrogens (primary N) is 1. The van der Waals surface area contributed by atoms with Crippen LogP contribution >= 0.6 is 15.9 Å². The predicted octanol–water partition coefficient (Wildman–Crippen LogP) is 2.84. The fraction of sp³-hybridized carbons (Fsp3) is 0.0714. The molecule has 21 heavy (non-hydrogen) atoms. The van der Waals surface area contributed by atoms with Crippen LogP contribution in [-0.4, -0.2) is 8.42 Å². The van der Waals surface area contributed by atoms with Gasteiger partial charge in [0.2, 0.25) is 10.0 Å². The molecular formula is C14H12BrN3O2S. The standard InChI is InChI=1S/C14H12BrN3O2S/c15-13-7-12(17)5-6-14(13)18-21(19,20)9-11-3-1-10(8-16)2-4-11/h1-7,18H,9,17H2. The average molecular weight is 366 g/mol. The summed E-state index contributed by atoms with van der Waals surface area (Å²) in [7, 11) is -3.55. The first-order valence-electron chi connectivity index (χ1n) is 5.94.